The average Bonchev–Trinajstić information content (AvgIpc) is 3.16. The van der Waals surface area contributed by atoms with Gasteiger partial charge in [0.25, 0.3) is 5.56 Å². The van der Waals surface area contributed by atoms with Gasteiger partial charge in [0.2, 0.25) is 5.60 Å². The van der Waals surface area contributed by atoms with Crippen molar-refractivity contribution >= 4 is 40.6 Å². The van der Waals surface area contributed by atoms with Gasteiger partial charge in [-0.1, -0.05) is 13.0 Å². The molecule has 166 valence electrons. The van der Waals surface area contributed by atoms with Gasteiger partial charge in [-0.05, 0) is 24.6 Å². The number of ether oxygens (including phenoxy) is 2. The van der Waals surface area contributed by atoms with Crippen LogP contribution in [0.3, 0.4) is 0 Å². The van der Waals surface area contributed by atoms with E-state index in [0.29, 0.717) is 29.1 Å². The fraction of sp³-hybridized carbons (Fsp3) is 0.292. The van der Waals surface area contributed by atoms with Gasteiger partial charge in [-0.15, -0.1) is 0 Å². The zero-order chi connectivity index (χ0) is 23.1. The van der Waals surface area contributed by atoms with E-state index in [1.165, 1.54) is 6.92 Å². The quantitative estimate of drug-likeness (QED) is 0.438. The van der Waals surface area contributed by atoms with Crippen molar-refractivity contribution in [2.45, 2.75) is 39.0 Å². The van der Waals surface area contributed by atoms with Gasteiger partial charge in [-0.3, -0.25) is 9.59 Å². The van der Waals surface area contributed by atoms with E-state index in [2.05, 4.69) is 4.99 Å². The van der Waals surface area contributed by atoms with Crippen molar-refractivity contribution in [1.82, 2.24) is 9.55 Å². The standard InChI is InChI=1S/C24H20N4O5/c1-4-24(33-12(2)29)15-8-18-20-13(9-28(18)22(30)14(15)10-32-23(24)31)21-19-16(25-11-27(21)3)6-5-7-17(19)26-20/h5-8,11H,4,9-10H2,1-3H3/t24-/m0/s1. The summed E-state index contributed by atoms with van der Waals surface area (Å²) in [6.07, 6.45) is 1.90. The second-order valence-electron chi connectivity index (χ2n) is 8.48. The molecule has 0 unspecified atom stereocenters. The molecule has 0 bridgehead atoms. The van der Waals surface area contributed by atoms with Gasteiger partial charge in [-0.2, -0.15) is 0 Å². The summed E-state index contributed by atoms with van der Waals surface area (Å²) in [6.45, 7) is 3.14. The maximum atomic E-state index is 13.6. The number of benzene rings is 1. The minimum Gasteiger partial charge on any atom is -0.457 e. The summed E-state index contributed by atoms with van der Waals surface area (Å²) in [4.78, 5) is 49.7. The maximum Gasteiger partial charge on any atom is 0.355 e. The van der Waals surface area contributed by atoms with Crippen LogP contribution in [0.5, 0.6) is 0 Å². The van der Waals surface area contributed by atoms with Crippen LogP contribution in [0.4, 0.5) is 11.4 Å². The molecule has 3 aliphatic heterocycles. The molecule has 0 saturated heterocycles. The summed E-state index contributed by atoms with van der Waals surface area (Å²) >= 11 is 0. The number of fused-ring (bicyclic) bond motifs is 5. The topological polar surface area (TPSA) is 103 Å². The summed E-state index contributed by atoms with van der Waals surface area (Å²) in [5.41, 5.74) is 3.49. The monoisotopic (exact) mass is 444 g/mol. The number of aromatic nitrogens is 2. The second-order valence-corrected chi connectivity index (χ2v) is 8.48. The second kappa shape index (κ2) is 6.50. The SMILES string of the molecule is CC[C@@]1(OC(C)=O)C(=O)OCc2c1cc1n(c2=O)Cc2c-1nc1cccc3c1c2N(C)C=N3. The normalized spacial score (nSPS) is 19.7. The summed E-state index contributed by atoms with van der Waals surface area (Å²) in [7, 11) is 1.92. The number of anilines is 1. The van der Waals surface area contributed by atoms with E-state index >= 15 is 0 Å². The molecular formula is C24H20N4O5. The van der Waals surface area contributed by atoms with Crippen LogP contribution in [0.15, 0.2) is 34.1 Å². The lowest BCUT2D eigenvalue weighted by Gasteiger charge is -2.35. The summed E-state index contributed by atoms with van der Waals surface area (Å²) in [6, 6.07) is 7.52. The number of nitrogens with zero attached hydrogens (tertiary/aromatic N) is 4. The fourth-order valence-corrected chi connectivity index (χ4v) is 5.19. The average molecular weight is 444 g/mol. The van der Waals surface area contributed by atoms with E-state index in [-0.39, 0.29) is 18.6 Å². The molecule has 0 aliphatic carbocycles. The van der Waals surface area contributed by atoms with Crippen molar-refractivity contribution in [1.29, 1.82) is 0 Å². The first kappa shape index (κ1) is 19.7. The first-order valence-electron chi connectivity index (χ1n) is 10.7. The van der Waals surface area contributed by atoms with Crippen molar-refractivity contribution in [3.8, 4) is 11.4 Å². The molecule has 33 heavy (non-hydrogen) atoms. The Hall–Kier alpha value is -4.01. The molecule has 2 aromatic heterocycles. The number of carbonyl (C=O) groups excluding carboxylic acids is 2. The predicted octanol–water partition coefficient (Wildman–Crippen LogP) is 2.76. The minimum atomic E-state index is -1.65. The van der Waals surface area contributed by atoms with Gasteiger partial charge in [-0.25, -0.2) is 14.8 Å². The molecule has 6 rings (SSSR count). The first-order valence-corrected chi connectivity index (χ1v) is 10.7. The highest BCUT2D eigenvalue weighted by Crippen LogP contribution is 2.46. The van der Waals surface area contributed by atoms with Crippen molar-refractivity contribution in [3.63, 3.8) is 0 Å². The molecule has 0 saturated carbocycles. The molecule has 1 aromatic carbocycles. The third-order valence-electron chi connectivity index (χ3n) is 6.67. The smallest absolute Gasteiger partial charge is 0.355 e. The minimum absolute atomic E-state index is 0.146. The zero-order valence-electron chi connectivity index (χ0n) is 18.3. The Kier molecular flexibility index (Phi) is 3.87. The molecule has 9 nitrogen and oxygen atoms in total. The van der Waals surface area contributed by atoms with Crippen LogP contribution in [0.1, 0.15) is 37.0 Å². The van der Waals surface area contributed by atoms with Crippen LogP contribution in [-0.2, 0) is 37.8 Å². The van der Waals surface area contributed by atoms with Crippen LogP contribution in [-0.4, -0.2) is 34.9 Å². The van der Waals surface area contributed by atoms with E-state index in [1.54, 1.807) is 23.9 Å². The number of hydrogen-bond donors (Lipinski definition) is 0. The number of rotatable bonds is 2. The zero-order valence-corrected chi connectivity index (χ0v) is 18.3. The number of hydrogen-bond acceptors (Lipinski definition) is 8. The third kappa shape index (κ3) is 2.44. The van der Waals surface area contributed by atoms with E-state index in [9.17, 15) is 14.4 Å². The van der Waals surface area contributed by atoms with Crippen molar-refractivity contribution in [2.75, 3.05) is 11.9 Å². The van der Waals surface area contributed by atoms with E-state index in [1.807, 2.05) is 30.1 Å². The highest BCUT2D eigenvalue weighted by Gasteiger charge is 2.50. The lowest BCUT2D eigenvalue weighted by atomic mass is 9.85. The molecule has 1 atom stereocenters. The molecule has 0 fully saturated rings. The molecule has 0 spiro atoms. The Bertz CT molecular complexity index is 1510. The molecule has 0 radical (unpaired) electrons. The lowest BCUT2D eigenvalue weighted by molar-refractivity contribution is -0.188. The molecular weight excluding hydrogens is 424 g/mol. The van der Waals surface area contributed by atoms with Gasteiger partial charge in [0.1, 0.15) is 6.61 Å². The van der Waals surface area contributed by atoms with Crippen LogP contribution in [0.25, 0.3) is 22.3 Å². The largest absolute Gasteiger partial charge is 0.457 e. The Labute approximate surface area is 188 Å². The Morgan fingerprint density at radius 3 is 2.85 bits per heavy atom. The molecule has 0 N–H and O–H groups in total. The summed E-state index contributed by atoms with van der Waals surface area (Å²) in [5.74, 6) is -1.29. The van der Waals surface area contributed by atoms with Crippen LogP contribution >= 0.6 is 0 Å². The molecule has 5 heterocycles. The van der Waals surface area contributed by atoms with Crippen LogP contribution < -0.4 is 10.5 Å². The van der Waals surface area contributed by atoms with Crippen molar-refractivity contribution < 1.29 is 19.1 Å². The molecule has 0 amide bonds. The van der Waals surface area contributed by atoms with Crippen LogP contribution in [0.2, 0.25) is 0 Å². The number of carbonyl (C=O) groups is 2. The van der Waals surface area contributed by atoms with E-state index in [0.717, 1.165) is 27.8 Å². The van der Waals surface area contributed by atoms with Gasteiger partial charge in [0.05, 0.1) is 52.1 Å². The molecule has 3 aliphatic rings. The Morgan fingerprint density at radius 1 is 1.27 bits per heavy atom. The van der Waals surface area contributed by atoms with Gasteiger partial charge < -0.3 is 18.9 Å². The van der Waals surface area contributed by atoms with Gasteiger partial charge >= 0.3 is 11.9 Å². The summed E-state index contributed by atoms with van der Waals surface area (Å²) in [5, 5.41) is 0.938. The maximum absolute atomic E-state index is 13.6. The number of aliphatic imine (C=N–C) groups is 1. The van der Waals surface area contributed by atoms with E-state index in [4.69, 9.17) is 14.5 Å². The van der Waals surface area contributed by atoms with E-state index < -0.39 is 17.5 Å². The number of pyridine rings is 2. The summed E-state index contributed by atoms with van der Waals surface area (Å²) < 4.78 is 12.5. The van der Waals surface area contributed by atoms with Crippen molar-refractivity contribution in [3.05, 3.63) is 51.3 Å². The lowest BCUT2D eigenvalue weighted by Crippen LogP contribution is -2.47. The molecule has 3 aromatic rings. The van der Waals surface area contributed by atoms with Gasteiger partial charge in [0.15, 0.2) is 0 Å². The number of esters is 2. The van der Waals surface area contributed by atoms with Crippen molar-refractivity contribution in [2.24, 2.45) is 4.99 Å². The third-order valence-corrected chi connectivity index (χ3v) is 6.67. The number of cyclic esters (lactones) is 1. The predicted molar refractivity (Wildman–Crippen MR) is 121 cm³/mol. The highest BCUT2D eigenvalue weighted by atomic mass is 16.6. The first-order chi connectivity index (χ1) is 15.9. The Morgan fingerprint density at radius 2 is 2.09 bits per heavy atom. The van der Waals surface area contributed by atoms with Crippen LogP contribution in [0, 0.1) is 0 Å². The highest BCUT2D eigenvalue weighted by molar-refractivity contribution is 6.10. The Balaban J connectivity index is 1.67. The molecule has 9 heteroatoms. The van der Waals surface area contributed by atoms with Gasteiger partial charge in [0, 0.05) is 25.1 Å². The fourth-order valence-electron chi connectivity index (χ4n) is 5.19.